The first-order valence-electron chi connectivity index (χ1n) is 10.9. The summed E-state index contributed by atoms with van der Waals surface area (Å²) in [5, 5.41) is 12.8. The highest BCUT2D eigenvalue weighted by Gasteiger charge is 2.48. The predicted octanol–water partition coefficient (Wildman–Crippen LogP) is 3.97. The molecular weight excluding hydrogens is 449 g/mol. The first-order chi connectivity index (χ1) is 16.1. The second kappa shape index (κ2) is 7.67. The van der Waals surface area contributed by atoms with Gasteiger partial charge in [-0.15, -0.1) is 0 Å². The number of carbonyl (C=O) groups is 1. The second-order valence-corrected chi connectivity index (χ2v) is 8.49. The zero-order valence-corrected chi connectivity index (χ0v) is 19.1. The average Bonchev–Trinajstić information content (AvgIpc) is 3.47. The Morgan fingerprint density at radius 3 is 2.65 bits per heavy atom. The molecule has 0 fully saturated rings. The Hall–Kier alpha value is -3.70. The highest BCUT2D eigenvalue weighted by molar-refractivity contribution is 6.10. The lowest BCUT2D eigenvalue weighted by atomic mass is 10.0. The van der Waals surface area contributed by atoms with Crippen LogP contribution in [0.25, 0.3) is 16.9 Å². The zero-order valence-electron chi connectivity index (χ0n) is 19.1. The average molecular weight is 472 g/mol. The lowest BCUT2D eigenvalue weighted by Gasteiger charge is -2.38. The maximum Gasteiger partial charge on any atom is 0.410 e. The quantitative estimate of drug-likeness (QED) is 0.451. The Morgan fingerprint density at radius 1 is 1.21 bits per heavy atom. The van der Waals surface area contributed by atoms with E-state index in [4.69, 9.17) is 0 Å². The Morgan fingerprint density at radius 2 is 1.97 bits per heavy atom. The third-order valence-electron chi connectivity index (χ3n) is 6.29. The standard InChI is InChI=1S/C22H23F3N8O/c1-5-30-14(4)15(10-27-30)17-6-7-26-20-16(11-28-32(17)20)21(34)31-13(3)9-18(22(23,24)25)33-19(31)8-12(2)29-33/h6-8,10-11,13,18H,5,9H2,1-4H3/t13-,18-/m0/s1. The number of halogens is 3. The monoisotopic (exact) mass is 472 g/mol. The van der Waals surface area contributed by atoms with Crippen LogP contribution in [0.4, 0.5) is 19.0 Å². The largest absolute Gasteiger partial charge is 0.410 e. The smallest absolute Gasteiger partial charge is 0.290 e. The van der Waals surface area contributed by atoms with Crippen molar-refractivity contribution >= 4 is 17.4 Å². The molecule has 5 heterocycles. The van der Waals surface area contributed by atoms with E-state index in [9.17, 15) is 18.0 Å². The minimum Gasteiger partial charge on any atom is -0.290 e. The fraction of sp³-hybridized carbons (Fsp3) is 0.409. The number of carbonyl (C=O) groups excluding carboxylic acids is 1. The molecule has 0 radical (unpaired) electrons. The lowest BCUT2D eigenvalue weighted by molar-refractivity contribution is -0.174. The molecule has 5 rings (SSSR count). The van der Waals surface area contributed by atoms with E-state index >= 15 is 0 Å². The first kappa shape index (κ1) is 22.1. The van der Waals surface area contributed by atoms with Crippen molar-refractivity contribution in [1.82, 2.24) is 34.2 Å². The molecule has 4 aromatic rings. The number of nitrogens with zero attached hydrogens (tertiary/aromatic N) is 8. The maximum atomic E-state index is 13.7. The molecule has 4 aromatic heterocycles. The van der Waals surface area contributed by atoms with Gasteiger partial charge in [-0.05, 0) is 40.2 Å². The number of alkyl halides is 3. The maximum absolute atomic E-state index is 13.7. The van der Waals surface area contributed by atoms with Gasteiger partial charge in [0, 0.05) is 36.1 Å². The van der Waals surface area contributed by atoms with Crippen LogP contribution >= 0.6 is 0 Å². The van der Waals surface area contributed by atoms with Gasteiger partial charge in [0.2, 0.25) is 0 Å². The molecule has 178 valence electrons. The third-order valence-corrected chi connectivity index (χ3v) is 6.29. The van der Waals surface area contributed by atoms with E-state index in [0.29, 0.717) is 23.6 Å². The summed E-state index contributed by atoms with van der Waals surface area (Å²) in [6, 6.07) is 0.792. The van der Waals surface area contributed by atoms with Crippen LogP contribution in [0.3, 0.4) is 0 Å². The Bertz CT molecular complexity index is 1400. The number of rotatable bonds is 3. The van der Waals surface area contributed by atoms with Crippen LogP contribution in [0.15, 0.2) is 30.7 Å². The molecule has 1 aliphatic heterocycles. The summed E-state index contributed by atoms with van der Waals surface area (Å²) >= 11 is 0. The number of aryl methyl sites for hydroxylation is 2. The molecule has 0 aromatic carbocycles. The molecule has 0 spiro atoms. The fourth-order valence-corrected chi connectivity index (χ4v) is 4.64. The van der Waals surface area contributed by atoms with Crippen LogP contribution in [0.2, 0.25) is 0 Å². The molecule has 0 N–H and O–H groups in total. The Balaban J connectivity index is 1.60. The number of amides is 1. The Kier molecular flexibility index (Phi) is 4.99. The normalized spacial score (nSPS) is 18.5. The minimum absolute atomic E-state index is 0.110. The fourth-order valence-electron chi connectivity index (χ4n) is 4.64. The van der Waals surface area contributed by atoms with Gasteiger partial charge in [-0.2, -0.15) is 28.5 Å². The van der Waals surface area contributed by atoms with E-state index in [2.05, 4.69) is 20.3 Å². The van der Waals surface area contributed by atoms with Crippen molar-refractivity contribution in [3.8, 4) is 11.3 Å². The van der Waals surface area contributed by atoms with Gasteiger partial charge < -0.3 is 0 Å². The van der Waals surface area contributed by atoms with Gasteiger partial charge in [-0.1, -0.05) is 0 Å². The molecule has 1 aliphatic rings. The van der Waals surface area contributed by atoms with Crippen molar-refractivity contribution in [2.24, 2.45) is 0 Å². The molecule has 0 bridgehead atoms. The molecule has 34 heavy (non-hydrogen) atoms. The molecule has 9 nitrogen and oxygen atoms in total. The van der Waals surface area contributed by atoms with Crippen molar-refractivity contribution in [3.63, 3.8) is 0 Å². The summed E-state index contributed by atoms with van der Waals surface area (Å²) in [7, 11) is 0. The van der Waals surface area contributed by atoms with E-state index in [1.165, 1.54) is 17.2 Å². The van der Waals surface area contributed by atoms with Crippen LogP contribution in [0.5, 0.6) is 0 Å². The van der Waals surface area contributed by atoms with Crippen molar-refractivity contribution in [3.05, 3.63) is 47.7 Å². The zero-order chi connectivity index (χ0) is 24.4. The summed E-state index contributed by atoms with van der Waals surface area (Å²) < 4.78 is 45.4. The van der Waals surface area contributed by atoms with Crippen molar-refractivity contribution in [2.75, 3.05) is 4.90 Å². The van der Waals surface area contributed by atoms with Crippen molar-refractivity contribution in [1.29, 1.82) is 0 Å². The number of aromatic nitrogens is 7. The number of hydrogen-bond donors (Lipinski definition) is 0. The lowest BCUT2D eigenvalue weighted by Crippen LogP contribution is -2.48. The molecule has 0 saturated carbocycles. The van der Waals surface area contributed by atoms with Gasteiger partial charge in [0.05, 0.1) is 23.8 Å². The molecule has 1 amide bonds. The van der Waals surface area contributed by atoms with E-state index in [0.717, 1.165) is 15.9 Å². The van der Waals surface area contributed by atoms with Gasteiger partial charge in [-0.3, -0.25) is 14.4 Å². The predicted molar refractivity (Wildman–Crippen MR) is 118 cm³/mol. The van der Waals surface area contributed by atoms with Gasteiger partial charge >= 0.3 is 6.18 Å². The first-order valence-corrected chi connectivity index (χ1v) is 10.9. The Labute approximate surface area is 192 Å². The van der Waals surface area contributed by atoms with E-state index < -0.39 is 24.2 Å². The van der Waals surface area contributed by atoms with Crippen LogP contribution in [-0.4, -0.2) is 52.3 Å². The van der Waals surface area contributed by atoms with Crippen LogP contribution in [0.1, 0.15) is 48.1 Å². The topological polar surface area (TPSA) is 86.1 Å². The van der Waals surface area contributed by atoms with Crippen molar-refractivity contribution < 1.29 is 18.0 Å². The van der Waals surface area contributed by atoms with E-state index in [1.54, 1.807) is 36.8 Å². The van der Waals surface area contributed by atoms with Gasteiger partial charge in [0.25, 0.3) is 5.91 Å². The number of anilines is 1. The summed E-state index contributed by atoms with van der Waals surface area (Å²) in [6.45, 7) is 7.86. The van der Waals surface area contributed by atoms with Crippen LogP contribution in [-0.2, 0) is 6.54 Å². The van der Waals surface area contributed by atoms with Gasteiger partial charge in [0.1, 0.15) is 11.4 Å². The molecule has 0 saturated heterocycles. The SMILES string of the molecule is CCn1ncc(-c2ccnc3c(C(=O)N4c5cc(C)nn5[C@H](C(F)(F)F)C[C@@H]4C)cnn23)c1C. The summed E-state index contributed by atoms with van der Waals surface area (Å²) in [6.07, 6.45) is -0.0412. The van der Waals surface area contributed by atoms with Gasteiger partial charge in [0.15, 0.2) is 11.7 Å². The van der Waals surface area contributed by atoms with Gasteiger partial charge in [-0.25, -0.2) is 14.2 Å². The minimum atomic E-state index is -4.47. The van der Waals surface area contributed by atoms with E-state index in [1.807, 2.05) is 18.5 Å². The molecule has 0 aliphatic carbocycles. The van der Waals surface area contributed by atoms with Crippen LogP contribution in [0, 0.1) is 13.8 Å². The van der Waals surface area contributed by atoms with Crippen LogP contribution < -0.4 is 4.90 Å². The summed E-state index contributed by atoms with van der Waals surface area (Å²) in [4.78, 5) is 19.4. The molecular formula is C22H23F3N8O. The van der Waals surface area contributed by atoms with Crippen molar-refractivity contribution in [2.45, 2.75) is 58.9 Å². The summed E-state index contributed by atoms with van der Waals surface area (Å²) in [5.74, 6) is -0.367. The molecule has 0 unspecified atom stereocenters. The number of fused-ring (bicyclic) bond motifs is 2. The number of hydrogen-bond acceptors (Lipinski definition) is 5. The summed E-state index contributed by atoms with van der Waals surface area (Å²) in [5.41, 5.74) is 3.43. The molecule has 2 atom stereocenters. The van der Waals surface area contributed by atoms with E-state index in [-0.39, 0.29) is 17.8 Å². The molecule has 12 heteroatoms. The highest BCUT2D eigenvalue weighted by atomic mass is 19.4. The highest BCUT2D eigenvalue weighted by Crippen LogP contribution is 2.42. The third kappa shape index (κ3) is 3.27. The second-order valence-electron chi connectivity index (χ2n) is 8.49.